The van der Waals surface area contributed by atoms with Crippen molar-refractivity contribution >= 4 is 12.4 Å². The minimum atomic E-state index is -0.259. The van der Waals surface area contributed by atoms with Crippen LogP contribution in [0.25, 0.3) is 0 Å². The molecule has 2 N–H and O–H groups in total. The standard InChI is InChI=1S/C18H23N3.ClH/c19-14-15-8-7-11-18(17(15)20,16-9-3-1-4-10-16)21-12-5-2-6-13-21;/h1,3-4,9-10H,2,5-8,11-13,20H2;1H. The first-order valence-electron chi connectivity index (χ1n) is 7.99. The minimum Gasteiger partial charge on any atom is -0.399 e. The van der Waals surface area contributed by atoms with Gasteiger partial charge in [-0.25, -0.2) is 0 Å². The number of likely N-dealkylation sites (tertiary alicyclic amines) is 1. The van der Waals surface area contributed by atoms with Gasteiger partial charge in [-0.1, -0.05) is 36.8 Å². The van der Waals surface area contributed by atoms with Crippen LogP contribution in [0.1, 0.15) is 44.1 Å². The van der Waals surface area contributed by atoms with Crippen molar-refractivity contribution in [3.63, 3.8) is 0 Å². The van der Waals surface area contributed by atoms with E-state index < -0.39 is 0 Å². The van der Waals surface area contributed by atoms with Crippen molar-refractivity contribution in [2.24, 2.45) is 5.73 Å². The molecular formula is C18H24ClN3. The number of piperidine rings is 1. The second-order valence-electron chi connectivity index (χ2n) is 6.13. The highest BCUT2D eigenvalue weighted by Gasteiger charge is 2.44. The van der Waals surface area contributed by atoms with Gasteiger partial charge in [0, 0.05) is 5.70 Å². The van der Waals surface area contributed by atoms with Crippen LogP contribution in [0, 0.1) is 11.3 Å². The molecular weight excluding hydrogens is 294 g/mol. The maximum Gasteiger partial charge on any atom is 0.0966 e. The zero-order valence-corrected chi connectivity index (χ0v) is 13.7. The summed E-state index contributed by atoms with van der Waals surface area (Å²) in [4.78, 5) is 2.53. The minimum absolute atomic E-state index is 0. The van der Waals surface area contributed by atoms with Gasteiger partial charge < -0.3 is 5.73 Å². The lowest BCUT2D eigenvalue weighted by Gasteiger charge is -2.48. The second-order valence-corrected chi connectivity index (χ2v) is 6.13. The Kier molecular flexibility index (Phi) is 5.50. The fourth-order valence-electron chi connectivity index (χ4n) is 3.96. The molecule has 0 radical (unpaired) electrons. The molecule has 3 nitrogen and oxygen atoms in total. The average Bonchev–Trinajstić information content (AvgIpc) is 2.57. The van der Waals surface area contributed by atoms with E-state index in [0.717, 1.165) is 43.6 Å². The SMILES string of the molecule is Cl.N#CC1=C(N)C(c2ccccc2)(N2CCCCC2)CCC1. The van der Waals surface area contributed by atoms with Crippen LogP contribution < -0.4 is 5.73 Å². The van der Waals surface area contributed by atoms with Crippen molar-refractivity contribution in [1.82, 2.24) is 4.90 Å². The number of nitrogens with zero attached hydrogens (tertiary/aromatic N) is 2. The molecule has 1 aromatic rings. The lowest BCUT2D eigenvalue weighted by molar-refractivity contribution is 0.0767. The molecule has 1 aliphatic carbocycles. The lowest BCUT2D eigenvalue weighted by atomic mass is 9.74. The topological polar surface area (TPSA) is 53.1 Å². The van der Waals surface area contributed by atoms with Crippen LogP contribution in [0.4, 0.5) is 0 Å². The molecule has 1 aliphatic heterocycles. The molecule has 0 aromatic heterocycles. The molecule has 118 valence electrons. The zero-order valence-electron chi connectivity index (χ0n) is 12.9. The van der Waals surface area contributed by atoms with Gasteiger partial charge in [0.25, 0.3) is 0 Å². The fraction of sp³-hybridized carbons (Fsp3) is 0.500. The Balaban J connectivity index is 0.00000176. The summed E-state index contributed by atoms with van der Waals surface area (Å²) in [5.41, 5.74) is 9.12. The number of rotatable bonds is 2. The van der Waals surface area contributed by atoms with Gasteiger partial charge in [0.2, 0.25) is 0 Å². The first kappa shape index (κ1) is 16.9. The molecule has 22 heavy (non-hydrogen) atoms. The average molecular weight is 318 g/mol. The fourth-order valence-corrected chi connectivity index (χ4v) is 3.96. The summed E-state index contributed by atoms with van der Waals surface area (Å²) < 4.78 is 0. The largest absolute Gasteiger partial charge is 0.399 e. The van der Waals surface area contributed by atoms with Crippen molar-refractivity contribution in [3.05, 3.63) is 47.2 Å². The third-order valence-corrected chi connectivity index (χ3v) is 5.02. The summed E-state index contributed by atoms with van der Waals surface area (Å²) in [6, 6.07) is 12.9. The van der Waals surface area contributed by atoms with Crippen LogP contribution in [0.3, 0.4) is 0 Å². The first-order chi connectivity index (χ1) is 10.3. The van der Waals surface area contributed by atoms with Crippen molar-refractivity contribution in [3.8, 4) is 6.07 Å². The highest BCUT2D eigenvalue weighted by Crippen LogP contribution is 2.44. The highest BCUT2D eigenvalue weighted by molar-refractivity contribution is 5.85. The predicted molar refractivity (Wildman–Crippen MR) is 91.5 cm³/mol. The molecule has 0 spiro atoms. The van der Waals surface area contributed by atoms with Crippen molar-refractivity contribution in [1.29, 1.82) is 5.26 Å². The number of hydrogen-bond donors (Lipinski definition) is 1. The smallest absolute Gasteiger partial charge is 0.0966 e. The van der Waals surface area contributed by atoms with E-state index in [1.807, 2.05) is 6.07 Å². The van der Waals surface area contributed by atoms with Crippen LogP contribution in [0.15, 0.2) is 41.6 Å². The first-order valence-corrected chi connectivity index (χ1v) is 7.99. The van der Waals surface area contributed by atoms with Crippen molar-refractivity contribution < 1.29 is 0 Å². The van der Waals surface area contributed by atoms with Gasteiger partial charge in [0.1, 0.15) is 0 Å². The maximum absolute atomic E-state index is 9.43. The van der Waals surface area contributed by atoms with Gasteiger partial charge in [-0.2, -0.15) is 5.26 Å². The summed E-state index contributed by atoms with van der Waals surface area (Å²) in [6.45, 7) is 2.16. The molecule has 1 heterocycles. The Morgan fingerprint density at radius 1 is 1.05 bits per heavy atom. The molecule has 4 heteroatoms. The molecule has 1 saturated heterocycles. The van der Waals surface area contributed by atoms with E-state index >= 15 is 0 Å². The van der Waals surface area contributed by atoms with E-state index in [-0.39, 0.29) is 17.9 Å². The Morgan fingerprint density at radius 2 is 1.73 bits per heavy atom. The van der Waals surface area contributed by atoms with Gasteiger partial charge in [-0.3, -0.25) is 4.90 Å². The Labute approximate surface area is 139 Å². The molecule has 0 bridgehead atoms. The summed E-state index contributed by atoms with van der Waals surface area (Å²) in [5.74, 6) is 0. The van der Waals surface area contributed by atoms with Crippen LogP contribution in [-0.2, 0) is 5.54 Å². The third-order valence-electron chi connectivity index (χ3n) is 5.02. The van der Waals surface area contributed by atoms with Crippen LogP contribution in [0.5, 0.6) is 0 Å². The van der Waals surface area contributed by atoms with Crippen LogP contribution in [-0.4, -0.2) is 18.0 Å². The number of allylic oxidation sites excluding steroid dienone is 1. The van der Waals surface area contributed by atoms with Crippen LogP contribution in [0.2, 0.25) is 0 Å². The molecule has 1 fully saturated rings. The monoisotopic (exact) mass is 317 g/mol. The van der Waals surface area contributed by atoms with Gasteiger partial charge >= 0.3 is 0 Å². The Bertz CT molecular complexity index is 570. The number of nitrogens with two attached hydrogens (primary N) is 1. The predicted octanol–water partition coefficient (Wildman–Crippen LogP) is 3.71. The summed E-state index contributed by atoms with van der Waals surface area (Å²) in [7, 11) is 0. The van der Waals surface area contributed by atoms with E-state index in [0.29, 0.717) is 0 Å². The van der Waals surface area contributed by atoms with E-state index in [4.69, 9.17) is 5.73 Å². The third kappa shape index (κ3) is 2.74. The van der Waals surface area contributed by atoms with Crippen molar-refractivity contribution in [2.75, 3.05) is 13.1 Å². The van der Waals surface area contributed by atoms with Gasteiger partial charge in [-0.05, 0) is 50.8 Å². The lowest BCUT2D eigenvalue weighted by Crippen LogP contribution is -2.53. The Hall–Kier alpha value is -1.50. The molecule has 3 rings (SSSR count). The number of hydrogen-bond acceptors (Lipinski definition) is 3. The van der Waals surface area contributed by atoms with Crippen molar-refractivity contribution in [2.45, 2.75) is 44.1 Å². The van der Waals surface area contributed by atoms with Crippen LogP contribution >= 0.6 is 12.4 Å². The number of halogens is 1. The quantitative estimate of drug-likeness (QED) is 0.904. The molecule has 1 aromatic carbocycles. The maximum atomic E-state index is 9.43. The number of benzene rings is 1. The molecule has 2 aliphatic rings. The van der Waals surface area contributed by atoms with Gasteiger partial charge in [0.15, 0.2) is 0 Å². The summed E-state index contributed by atoms with van der Waals surface area (Å²) in [6.07, 6.45) is 6.64. The van der Waals surface area contributed by atoms with E-state index in [9.17, 15) is 5.26 Å². The van der Waals surface area contributed by atoms with E-state index in [1.165, 1.54) is 24.8 Å². The second kappa shape index (κ2) is 7.17. The molecule has 1 atom stereocenters. The van der Waals surface area contributed by atoms with E-state index in [2.05, 4.69) is 35.2 Å². The Morgan fingerprint density at radius 3 is 2.36 bits per heavy atom. The zero-order chi connectivity index (χ0) is 14.7. The molecule has 0 saturated carbocycles. The number of nitriles is 1. The highest BCUT2D eigenvalue weighted by atomic mass is 35.5. The normalized spacial score (nSPS) is 26.1. The molecule has 1 unspecified atom stereocenters. The van der Waals surface area contributed by atoms with E-state index in [1.54, 1.807) is 0 Å². The summed E-state index contributed by atoms with van der Waals surface area (Å²) >= 11 is 0. The summed E-state index contributed by atoms with van der Waals surface area (Å²) in [5, 5.41) is 9.43. The van der Waals surface area contributed by atoms with Gasteiger partial charge in [-0.15, -0.1) is 12.4 Å². The molecule has 0 amide bonds. The van der Waals surface area contributed by atoms with Gasteiger partial charge in [0.05, 0.1) is 17.2 Å².